The maximum atomic E-state index is 11.6. The molecular formula is C11H14O5. The monoisotopic (exact) mass is 226 g/mol. The van der Waals surface area contributed by atoms with Crippen molar-refractivity contribution < 1.29 is 24.5 Å². The van der Waals surface area contributed by atoms with Crippen LogP contribution in [0.1, 0.15) is 10.4 Å². The van der Waals surface area contributed by atoms with Crippen LogP contribution >= 0.6 is 0 Å². The first-order valence-corrected chi connectivity index (χ1v) is 4.68. The molecule has 88 valence electrons. The summed E-state index contributed by atoms with van der Waals surface area (Å²) in [5.41, 5.74) is 0.211. The van der Waals surface area contributed by atoms with Crippen molar-refractivity contribution in [1.82, 2.24) is 0 Å². The molecule has 16 heavy (non-hydrogen) atoms. The largest absolute Gasteiger partial charge is 0.504 e. The Balaban J connectivity index is 2.88. The summed E-state index contributed by atoms with van der Waals surface area (Å²) in [6, 6.07) is 4.18. The van der Waals surface area contributed by atoms with Crippen molar-refractivity contribution in [3.05, 3.63) is 23.8 Å². The molecule has 2 N–H and O–H groups in total. The molecular weight excluding hydrogens is 212 g/mol. The lowest BCUT2D eigenvalue weighted by molar-refractivity contribution is 0.0476. The Hall–Kier alpha value is -1.59. The average Bonchev–Trinajstić information content (AvgIpc) is 2.28. The highest BCUT2D eigenvalue weighted by atomic mass is 16.5. The number of hydrogen-bond donors (Lipinski definition) is 2. The smallest absolute Gasteiger partial charge is 0.193 e. The van der Waals surface area contributed by atoms with Gasteiger partial charge in [0.2, 0.25) is 0 Å². The van der Waals surface area contributed by atoms with Gasteiger partial charge in [-0.2, -0.15) is 0 Å². The van der Waals surface area contributed by atoms with E-state index in [0.29, 0.717) is 0 Å². The molecule has 0 aliphatic heterocycles. The van der Waals surface area contributed by atoms with Crippen molar-refractivity contribution in [1.29, 1.82) is 0 Å². The van der Waals surface area contributed by atoms with Gasteiger partial charge in [-0.05, 0) is 18.2 Å². The van der Waals surface area contributed by atoms with Crippen LogP contribution in [-0.2, 0) is 4.74 Å². The Morgan fingerprint density at radius 3 is 2.62 bits per heavy atom. The maximum Gasteiger partial charge on any atom is 0.193 e. The third-order valence-electron chi connectivity index (χ3n) is 2.09. The molecule has 1 rings (SSSR count). The molecule has 0 aliphatic carbocycles. The highest BCUT2D eigenvalue weighted by molar-refractivity contribution is 5.99. The SMILES string of the molecule is COC[C@@H](O)C(=O)c1ccc(OC)c(O)c1. The minimum absolute atomic E-state index is 0.0778. The minimum atomic E-state index is -1.22. The number of aliphatic hydroxyl groups excluding tert-OH is 1. The van der Waals surface area contributed by atoms with Crippen LogP contribution in [0.4, 0.5) is 0 Å². The molecule has 1 aromatic carbocycles. The number of carbonyl (C=O) groups excluding carboxylic acids is 1. The fourth-order valence-corrected chi connectivity index (χ4v) is 1.27. The number of ketones is 1. The molecule has 5 nitrogen and oxygen atoms in total. The van der Waals surface area contributed by atoms with Crippen molar-refractivity contribution in [2.24, 2.45) is 0 Å². The summed E-state index contributed by atoms with van der Waals surface area (Å²) in [5, 5.41) is 18.9. The molecule has 0 saturated carbocycles. The molecule has 0 aliphatic rings. The molecule has 0 aromatic heterocycles. The van der Waals surface area contributed by atoms with E-state index in [0.717, 1.165) is 0 Å². The van der Waals surface area contributed by atoms with Gasteiger partial charge < -0.3 is 19.7 Å². The third-order valence-corrected chi connectivity index (χ3v) is 2.09. The summed E-state index contributed by atoms with van der Waals surface area (Å²) in [6.45, 7) is -0.0778. The van der Waals surface area contributed by atoms with Crippen LogP contribution in [-0.4, -0.2) is 42.9 Å². The second-order valence-electron chi connectivity index (χ2n) is 3.22. The van der Waals surface area contributed by atoms with Crippen LogP contribution in [0.15, 0.2) is 18.2 Å². The zero-order valence-electron chi connectivity index (χ0n) is 9.14. The van der Waals surface area contributed by atoms with E-state index in [1.807, 2.05) is 0 Å². The van der Waals surface area contributed by atoms with Crippen LogP contribution in [0.5, 0.6) is 11.5 Å². The first-order valence-electron chi connectivity index (χ1n) is 4.68. The van der Waals surface area contributed by atoms with E-state index in [1.54, 1.807) is 0 Å². The maximum absolute atomic E-state index is 11.6. The lowest BCUT2D eigenvalue weighted by atomic mass is 10.1. The first kappa shape index (κ1) is 12.5. The number of phenols is 1. The van der Waals surface area contributed by atoms with Gasteiger partial charge in [0.15, 0.2) is 17.3 Å². The second-order valence-corrected chi connectivity index (χ2v) is 3.22. The van der Waals surface area contributed by atoms with E-state index in [4.69, 9.17) is 4.74 Å². The van der Waals surface area contributed by atoms with E-state index in [-0.39, 0.29) is 23.7 Å². The zero-order valence-corrected chi connectivity index (χ0v) is 9.14. The molecule has 5 heteroatoms. The molecule has 1 atom stereocenters. The van der Waals surface area contributed by atoms with Crippen LogP contribution in [0.25, 0.3) is 0 Å². The molecule has 0 spiro atoms. The van der Waals surface area contributed by atoms with Crippen molar-refractivity contribution in [3.8, 4) is 11.5 Å². The van der Waals surface area contributed by atoms with Gasteiger partial charge in [-0.1, -0.05) is 0 Å². The fraction of sp³-hybridized carbons (Fsp3) is 0.364. The topological polar surface area (TPSA) is 76.0 Å². The number of aliphatic hydroxyl groups is 1. The van der Waals surface area contributed by atoms with Crippen molar-refractivity contribution in [2.45, 2.75) is 6.10 Å². The average molecular weight is 226 g/mol. The van der Waals surface area contributed by atoms with Crippen molar-refractivity contribution >= 4 is 5.78 Å². The van der Waals surface area contributed by atoms with Gasteiger partial charge in [-0.25, -0.2) is 0 Å². The van der Waals surface area contributed by atoms with Gasteiger partial charge in [-0.3, -0.25) is 4.79 Å². The van der Waals surface area contributed by atoms with E-state index in [9.17, 15) is 15.0 Å². The Kier molecular flexibility index (Phi) is 4.28. The zero-order chi connectivity index (χ0) is 12.1. The minimum Gasteiger partial charge on any atom is -0.504 e. The molecule has 0 fully saturated rings. The van der Waals surface area contributed by atoms with Crippen LogP contribution in [0.2, 0.25) is 0 Å². The normalized spacial score (nSPS) is 12.2. The number of Topliss-reactive ketones (excluding diaryl/α,β-unsaturated/α-hetero) is 1. The summed E-state index contributed by atoms with van der Waals surface area (Å²) in [7, 11) is 2.80. The summed E-state index contributed by atoms with van der Waals surface area (Å²) >= 11 is 0. The number of phenolic OH excluding ortho intramolecular Hbond substituents is 1. The summed E-state index contributed by atoms with van der Waals surface area (Å²) < 4.78 is 9.50. The number of carbonyl (C=O) groups is 1. The van der Waals surface area contributed by atoms with Crippen LogP contribution < -0.4 is 4.74 Å². The standard InChI is InChI=1S/C11H14O5/c1-15-6-9(13)11(14)7-3-4-10(16-2)8(12)5-7/h3-5,9,12-13H,6H2,1-2H3/t9-/m1/s1. The molecule has 0 bridgehead atoms. The lowest BCUT2D eigenvalue weighted by Gasteiger charge is -2.09. The number of methoxy groups -OCH3 is 2. The van der Waals surface area contributed by atoms with E-state index in [2.05, 4.69) is 4.74 Å². The van der Waals surface area contributed by atoms with E-state index >= 15 is 0 Å². The van der Waals surface area contributed by atoms with Crippen molar-refractivity contribution in [2.75, 3.05) is 20.8 Å². The number of benzene rings is 1. The Morgan fingerprint density at radius 1 is 1.44 bits per heavy atom. The Bertz CT molecular complexity index is 375. The second kappa shape index (κ2) is 5.48. The van der Waals surface area contributed by atoms with Gasteiger partial charge >= 0.3 is 0 Å². The van der Waals surface area contributed by atoms with E-state index < -0.39 is 11.9 Å². The van der Waals surface area contributed by atoms with Gasteiger partial charge in [0, 0.05) is 12.7 Å². The molecule has 0 radical (unpaired) electrons. The number of aromatic hydroxyl groups is 1. The summed E-state index contributed by atoms with van der Waals surface area (Å²) in [5.74, 6) is -0.365. The summed E-state index contributed by atoms with van der Waals surface area (Å²) in [6.07, 6.45) is -1.22. The number of hydrogen-bond acceptors (Lipinski definition) is 5. The highest BCUT2D eigenvalue weighted by Crippen LogP contribution is 2.26. The number of rotatable bonds is 5. The third kappa shape index (κ3) is 2.71. The summed E-state index contributed by atoms with van der Waals surface area (Å²) in [4.78, 5) is 11.6. The Labute approximate surface area is 93.2 Å². The highest BCUT2D eigenvalue weighted by Gasteiger charge is 2.18. The van der Waals surface area contributed by atoms with Crippen LogP contribution in [0, 0.1) is 0 Å². The van der Waals surface area contributed by atoms with Gasteiger partial charge in [0.05, 0.1) is 13.7 Å². The molecule has 1 aromatic rings. The van der Waals surface area contributed by atoms with Gasteiger partial charge in [0.1, 0.15) is 6.10 Å². The lowest BCUT2D eigenvalue weighted by Crippen LogP contribution is -2.25. The van der Waals surface area contributed by atoms with Gasteiger partial charge in [-0.15, -0.1) is 0 Å². The number of ether oxygens (including phenoxy) is 2. The fourth-order valence-electron chi connectivity index (χ4n) is 1.27. The molecule has 0 heterocycles. The molecule has 0 amide bonds. The molecule has 0 saturated heterocycles. The van der Waals surface area contributed by atoms with Crippen molar-refractivity contribution in [3.63, 3.8) is 0 Å². The molecule has 0 unspecified atom stereocenters. The van der Waals surface area contributed by atoms with Crippen LogP contribution in [0.3, 0.4) is 0 Å². The van der Waals surface area contributed by atoms with Gasteiger partial charge in [0.25, 0.3) is 0 Å². The van der Waals surface area contributed by atoms with E-state index in [1.165, 1.54) is 32.4 Å². The quantitative estimate of drug-likeness (QED) is 0.719. The predicted octanol–water partition coefficient (Wildman–Crippen LogP) is 0.591. The Morgan fingerprint density at radius 2 is 2.12 bits per heavy atom. The predicted molar refractivity (Wildman–Crippen MR) is 56.9 cm³/mol. The first-order chi connectivity index (χ1) is 7.60.